The molecule has 9 nitrogen and oxygen atoms in total. The van der Waals surface area contributed by atoms with Gasteiger partial charge in [-0.1, -0.05) is 6.92 Å². The van der Waals surface area contributed by atoms with Gasteiger partial charge in [0.1, 0.15) is 0 Å². The second-order valence-corrected chi connectivity index (χ2v) is 8.58. The number of nitrogens with zero attached hydrogens (tertiary/aromatic N) is 3. The smallest absolute Gasteiger partial charge is 0.331 e. The van der Waals surface area contributed by atoms with Gasteiger partial charge >= 0.3 is 5.69 Å². The van der Waals surface area contributed by atoms with E-state index in [9.17, 15) is 22.8 Å². The molecule has 1 aliphatic heterocycles. The van der Waals surface area contributed by atoms with E-state index in [2.05, 4.69) is 4.72 Å². The summed E-state index contributed by atoms with van der Waals surface area (Å²) in [6.07, 6.45) is 1.98. The number of sulfonamides is 1. The Morgan fingerprint density at radius 2 is 1.86 bits per heavy atom. The maximum Gasteiger partial charge on any atom is 0.331 e. The minimum atomic E-state index is -3.74. The standard InChI is InChI=1S/C18H24N4O5S/c1-3-19-28(26,27)13-6-7-15-14(12-13)17(24)22(18(25)20(15)2)11-8-16(23)21-9-4-5-10-21/h6-7,12,19H,3-5,8-11H2,1-2H3. The number of aromatic nitrogens is 2. The minimum Gasteiger partial charge on any atom is -0.343 e. The Kier molecular flexibility index (Phi) is 5.71. The Morgan fingerprint density at radius 3 is 2.50 bits per heavy atom. The molecule has 1 aromatic heterocycles. The van der Waals surface area contributed by atoms with Crippen LogP contribution in [0, 0.1) is 0 Å². The highest BCUT2D eigenvalue weighted by Gasteiger charge is 2.20. The molecular formula is C18H24N4O5S. The summed E-state index contributed by atoms with van der Waals surface area (Å²) in [5.41, 5.74) is -0.789. The van der Waals surface area contributed by atoms with Gasteiger partial charge in [-0.3, -0.25) is 18.7 Å². The molecule has 0 unspecified atom stereocenters. The first-order valence-electron chi connectivity index (χ1n) is 9.27. The van der Waals surface area contributed by atoms with Crippen molar-refractivity contribution in [1.82, 2.24) is 18.8 Å². The maximum atomic E-state index is 12.9. The second kappa shape index (κ2) is 7.88. The highest BCUT2D eigenvalue weighted by molar-refractivity contribution is 7.89. The topological polar surface area (TPSA) is 110 Å². The van der Waals surface area contributed by atoms with Crippen molar-refractivity contribution in [2.45, 2.75) is 37.6 Å². The van der Waals surface area contributed by atoms with Gasteiger partial charge in [-0.25, -0.2) is 17.9 Å². The highest BCUT2D eigenvalue weighted by atomic mass is 32.2. The molecule has 28 heavy (non-hydrogen) atoms. The van der Waals surface area contributed by atoms with Crippen LogP contribution in [0.4, 0.5) is 0 Å². The maximum absolute atomic E-state index is 12.9. The van der Waals surface area contributed by atoms with E-state index in [1.54, 1.807) is 11.8 Å². The number of nitrogens with one attached hydrogen (secondary N) is 1. The van der Waals surface area contributed by atoms with Crippen LogP contribution in [-0.4, -0.2) is 48.0 Å². The van der Waals surface area contributed by atoms with E-state index in [-0.39, 0.29) is 35.7 Å². The van der Waals surface area contributed by atoms with Crippen LogP contribution >= 0.6 is 0 Å². The number of fused-ring (bicyclic) bond motifs is 1. The molecule has 1 amide bonds. The third-order valence-corrected chi connectivity index (χ3v) is 6.52. The summed E-state index contributed by atoms with van der Waals surface area (Å²) in [5, 5.41) is 0.120. The molecule has 10 heteroatoms. The van der Waals surface area contributed by atoms with Crippen LogP contribution in [0.2, 0.25) is 0 Å². The summed E-state index contributed by atoms with van der Waals surface area (Å²) >= 11 is 0. The third-order valence-electron chi connectivity index (χ3n) is 4.98. The van der Waals surface area contributed by atoms with E-state index in [0.717, 1.165) is 17.4 Å². The number of amides is 1. The fourth-order valence-corrected chi connectivity index (χ4v) is 4.53. The molecule has 2 aromatic rings. The quantitative estimate of drug-likeness (QED) is 0.724. The predicted octanol–water partition coefficient (Wildman–Crippen LogP) is 0.0109. The number of carbonyl (C=O) groups is 1. The predicted molar refractivity (Wildman–Crippen MR) is 105 cm³/mol. The molecular weight excluding hydrogens is 384 g/mol. The second-order valence-electron chi connectivity index (χ2n) is 6.82. The van der Waals surface area contributed by atoms with Crippen LogP contribution in [0.25, 0.3) is 10.9 Å². The molecule has 0 saturated carbocycles. The van der Waals surface area contributed by atoms with Gasteiger partial charge in [0.05, 0.1) is 15.8 Å². The number of benzene rings is 1. The SMILES string of the molecule is CCNS(=O)(=O)c1ccc2c(c1)c(=O)n(CCC(=O)N1CCCC1)c(=O)n2C. The molecule has 1 aliphatic rings. The van der Waals surface area contributed by atoms with Gasteiger partial charge in [0.15, 0.2) is 0 Å². The molecule has 0 atom stereocenters. The van der Waals surface area contributed by atoms with Crippen molar-refractivity contribution >= 4 is 26.8 Å². The Balaban J connectivity index is 2.02. The Labute approximate surface area is 162 Å². The number of carbonyl (C=O) groups excluding carboxylic acids is 1. The summed E-state index contributed by atoms with van der Waals surface area (Å²) in [7, 11) is -2.22. The van der Waals surface area contributed by atoms with Crippen molar-refractivity contribution in [3.8, 4) is 0 Å². The Morgan fingerprint density at radius 1 is 1.18 bits per heavy atom. The zero-order chi connectivity index (χ0) is 20.5. The largest absolute Gasteiger partial charge is 0.343 e. The highest BCUT2D eigenvalue weighted by Crippen LogP contribution is 2.15. The van der Waals surface area contributed by atoms with Crippen LogP contribution < -0.4 is 16.0 Å². The first kappa shape index (κ1) is 20.3. The van der Waals surface area contributed by atoms with Crippen molar-refractivity contribution in [3.63, 3.8) is 0 Å². The van der Waals surface area contributed by atoms with Crippen LogP contribution in [0.3, 0.4) is 0 Å². The molecule has 0 spiro atoms. The average molecular weight is 408 g/mol. The Bertz CT molecular complexity index is 1130. The number of aryl methyl sites for hydroxylation is 1. The van der Waals surface area contributed by atoms with Gasteiger partial charge in [-0.15, -0.1) is 0 Å². The molecule has 0 aliphatic carbocycles. The summed E-state index contributed by atoms with van der Waals surface area (Å²) in [6.45, 7) is 3.24. The molecule has 152 valence electrons. The van der Waals surface area contributed by atoms with E-state index < -0.39 is 21.3 Å². The van der Waals surface area contributed by atoms with Crippen LogP contribution in [0.1, 0.15) is 26.2 Å². The lowest BCUT2D eigenvalue weighted by molar-refractivity contribution is -0.130. The molecule has 1 N–H and O–H groups in total. The van der Waals surface area contributed by atoms with Gasteiger partial charge in [-0.05, 0) is 31.0 Å². The van der Waals surface area contributed by atoms with Gasteiger partial charge in [0, 0.05) is 39.6 Å². The molecule has 1 saturated heterocycles. The lowest BCUT2D eigenvalue weighted by Gasteiger charge is -2.16. The summed E-state index contributed by atoms with van der Waals surface area (Å²) in [4.78, 5) is 39.4. The van der Waals surface area contributed by atoms with Crippen LogP contribution in [-0.2, 0) is 28.4 Å². The van der Waals surface area contributed by atoms with Gasteiger partial charge < -0.3 is 4.90 Å². The molecule has 3 rings (SSSR count). The molecule has 1 fully saturated rings. The van der Waals surface area contributed by atoms with Gasteiger partial charge in [0.2, 0.25) is 15.9 Å². The minimum absolute atomic E-state index is 0.0407. The van der Waals surface area contributed by atoms with E-state index in [1.807, 2.05) is 0 Å². The number of hydrogen-bond donors (Lipinski definition) is 1. The fourth-order valence-electron chi connectivity index (χ4n) is 3.47. The monoisotopic (exact) mass is 408 g/mol. The zero-order valence-corrected chi connectivity index (χ0v) is 16.8. The molecule has 0 bridgehead atoms. The van der Waals surface area contributed by atoms with Gasteiger partial charge in [0.25, 0.3) is 5.56 Å². The van der Waals surface area contributed by atoms with Crippen molar-refractivity contribution in [2.75, 3.05) is 19.6 Å². The normalized spacial score (nSPS) is 14.7. The summed E-state index contributed by atoms with van der Waals surface area (Å²) in [6, 6.07) is 4.08. The van der Waals surface area contributed by atoms with Crippen LogP contribution in [0.15, 0.2) is 32.7 Å². The number of hydrogen-bond acceptors (Lipinski definition) is 5. The molecule has 1 aromatic carbocycles. The first-order chi connectivity index (χ1) is 13.3. The van der Waals surface area contributed by atoms with E-state index >= 15 is 0 Å². The van der Waals surface area contributed by atoms with Crippen molar-refractivity contribution in [2.24, 2.45) is 7.05 Å². The van der Waals surface area contributed by atoms with Gasteiger partial charge in [-0.2, -0.15) is 0 Å². The lowest BCUT2D eigenvalue weighted by atomic mass is 10.2. The Hall–Kier alpha value is -2.46. The third kappa shape index (κ3) is 3.74. The van der Waals surface area contributed by atoms with E-state index in [0.29, 0.717) is 18.6 Å². The van der Waals surface area contributed by atoms with Crippen molar-refractivity contribution in [3.05, 3.63) is 39.0 Å². The van der Waals surface area contributed by atoms with E-state index in [1.165, 1.54) is 29.8 Å². The number of likely N-dealkylation sites (tertiary alicyclic amines) is 1. The molecule has 2 heterocycles. The number of rotatable bonds is 6. The van der Waals surface area contributed by atoms with E-state index in [4.69, 9.17) is 0 Å². The van der Waals surface area contributed by atoms with Crippen molar-refractivity contribution < 1.29 is 13.2 Å². The lowest BCUT2D eigenvalue weighted by Crippen LogP contribution is -2.40. The average Bonchev–Trinajstić information content (AvgIpc) is 3.20. The summed E-state index contributed by atoms with van der Waals surface area (Å²) < 4.78 is 29.2. The zero-order valence-electron chi connectivity index (χ0n) is 16.0. The fraction of sp³-hybridized carbons (Fsp3) is 0.500. The first-order valence-corrected chi connectivity index (χ1v) is 10.8. The van der Waals surface area contributed by atoms with Crippen molar-refractivity contribution in [1.29, 1.82) is 0 Å². The summed E-state index contributed by atoms with van der Waals surface area (Å²) in [5.74, 6) is -0.0879. The molecule has 0 radical (unpaired) electrons. The van der Waals surface area contributed by atoms with Crippen LogP contribution in [0.5, 0.6) is 0 Å².